The summed E-state index contributed by atoms with van der Waals surface area (Å²) in [7, 11) is 2.82. The lowest BCUT2D eigenvalue weighted by Gasteiger charge is -2.10. The van der Waals surface area contributed by atoms with Crippen LogP contribution in [0.15, 0.2) is 66.7 Å². The Morgan fingerprint density at radius 1 is 0.900 bits per heavy atom. The number of anilines is 1. The van der Waals surface area contributed by atoms with E-state index in [2.05, 4.69) is 17.2 Å². The SMILES string of the molecule is COC(=O)c1cccc(C#Cc2cccc(NC(=O)c3cc(Cl)ccc3OC)c2)c1. The number of rotatable bonds is 4. The molecule has 0 bridgehead atoms. The maximum Gasteiger partial charge on any atom is 0.337 e. The first kappa shape index (κ1) is 21.0. The molecule has 0 saturated carbocycles. The Morgan fingerprint density at radius 3 is 2.30 bits per heavy atom. The number of nitrogens with one attached hydrogen (secondary N) is 1. The summed E-state index contributed by atoms with van der Waals surface area (Å²) in [5.41, 5.74) is 2.73. The summed E-state index contributed by atoms with van der Waals surface area (Å²) in [6.45, 7) is 0. The smallest absolute Gasteiger partial charge is 0.337 e. The van der Waals surface area contributed by atoms with E-state index in [-0.39, 0.29) is 5.91 Å². The van der Waals surface area contributed by atoms with Crippen LogP contribution < -0.4 is 10.1 Å². The van der Waals surface area contributed by atoms with Crippen LogP contribution in [-0.4, -0.2) is 26.1 Å². The molecule has 30 heavy (non-hydrogen) atoms. The van der Waals surface area contributed by atoms with Gasteiger partial charge in [-0.25, -0.2) is 4.79 Å². The Kier molecular flexibility index (Phi) is 6.74. The summed E-state index contributed by atoms with van der Waals surface area (Å²) in [4.78, 5) is 24.3. The zero-order valence-electron chi connectivity index (χ0n) is 16.4. The first-order valence-electron chi connectivity index (χ1n) is 8.95. The van der Waals surface area contributed by atoms with Crippen LogP contribution in [0.25, 0.3) is 0 Å². The number of methoxy groups -OCH3 is 2. The lowest BCUT2D eigenvalue weighted by molar-refractivity contribution is 0.0600. The number of halogens is 1. The minimum atomic E-state index is -0.417. The summed E-state index contributed by atoms with van der Waals surface area (Å²) in [6.07, 6.45) is 0. The maximum atomic E-state index is 12.6. The second-order valence-electron chi connectivity index (χ2n) is 6.20. The molecular weight excluding hydrogens is 402 g/mol. The first-order chi connectivity index (χ1) is 14.5. The quantitative estimate of drug-likeness (QED) is 0.488. The molecule has 0 aliphatic rings. The number of benzene rings is 3. The van der Waals surface area contributed by atoms with Gasteiger partial charge in [0.15, 0.2) is 0 Å². The second-order valence-corrected chi connectivity index (χ2v) is 6.64. The highest BCUT2D eigenvalue weighted by molar-refractivity contribution is 6.31. The van der Waals surface area contributed by atoms with E-state index >= 15 is 0 Å². The van der Waals surface area contributed by atoms with Gasteiger partial charge in [0.1, 0.15) is 5.75 Å². The van der Waals surface area contributed by atoms with E-state index in [1.807, 2.05) is 6.07 Å². The minimum Gasteiger partial charge on any atom is -0.496 e. The average molecular weight is 420 g/mol. The first-order valence-corrected chi connectivity index (χ1v) is 9.33. The Morgan fingerprint density at radius 2 is 1.60 bits per heavy atom. The van der Waals surface area contributed by atoms with Crippen LogP contribution in [0.1, 0.15) is 31.8 Å². The molecule has 0 unspecified atom stereocenters. The summed E-state index contributed by atoms with van der Waals surface area (Å²) in [6, 6.07) is 18.9. The van der Waals surface area contributed by atoms with Crippen LogP contribution in [0, 0.1) is 11.8 Å². The molecule has 6 heteroatoms. The van der Waals surface area contributed by atoms with Gasteiger partial charge in [-0.3, -0.25) is 4.79 Å². The van der Waals surface area contributed by atoms with Crippen molar-refractivity contribution in [1.29, 1.82) is 0 Å². The van der Waals surface area contributed by atoms with Gasteiger partial charge in [0, 0.05) is 21.8 Å². The number of ether oxygens (including phenoxy) is 2. The van der Waals surface area contributed by atoms with E-state index in [0.717, 1.165) is 0 Å². The largest absolute Gasteiger partial charge is 0.496 e. The highest BCUT2D eigenvalue weighted by atomic mass is 35.5. The normalized spacial score (nSPS) is 9.83. The van der Waals surface area contributed by atoms with Crippen LogP contribution in [0.3, 0.4) is 0 Å². The summed E-state index contributed by atoms with van der Waals surface area (Å²) >= 11 is 6.00. The predicted octanol–water partition coefficient (Wildman–Crippen LogP) is 4.79. The van der Waals surface area contributed by atoms with E-state index in [9.17, 15) is 9.59 Å². The molecule has 150 valence electrons. The molecule has 5 nitrogen and oxygen atoms in total. The van der Waals surface area contributed by atoms with Gasteiger partial charge >= 0.3 is 5.97 Å². The zero-order valence-corrected chi connectivity index (χ0v) is 17.1. The number of esters is 1. The van der Waals surface area contributed by atoms with E-state index in [4.69, 9.17) is 21.1 Å². The minimum absolute atomic E-state index is 0.334. The number of carbonyl (C=O) groups is 2. The van der Waals surface area contributed by atoms with Gasteiger partial charge in [-0.1, -0.05) is 35.6 Å². The van der Waals surface area contributed by atoms with Crippen LogP contribution in [0.2, 0.25) is 5.02 Å². The molecule has 3 rings (SSSR count). The van der Waals surface area contributed by atoms with Crippen molar-refractivity contribution in [3.8, 4) is 17.6 Å². The predicted molar refractivity (Wildman–Crippen MR) is 116 cm³/mol. The fourth-order valence-electron chi connectivity index (χ4n) is 2.72. The standard InChI is InChI=1S/C24H18ClNO4/c1-29-22-12-11-19(25)15-21(22)23(27)26-20-8-4-6-17(14-20)10-9-16-5-3-7-18(13-16)24(28)30-2/h3-8,11-15H,1-2H3,(H,26,27). The number of amides is 1. The van der Waals surface area contributed by atoms with Crippen molar-refractivity contribution in [2.45, 2.75) is 0 Å². The average Bonchev–Trinajstić information content (AvgIpc) is 2.77. The molecule has 0 saturated heterocycles. The van der Waals surface area contributed by atoms with E-state index < -0.39 is 5.97 Å². The van der Waals surface area contributed by atoms with Crippen LogP contribution in [0.5, 0.6) is 5.75 Å². The third-order valence-electron chi connectivity index (χ3n) is 4.16. The number of carbonyl (C=O) groups excluding carboxylic acids is 2. The van der Waals surface area contributed by atoms with Gasteiger partial charge < -0.3 is 14.8 Å². The molecule has 0 spiro atoms. The Balaban J connectivity index is 1.80. The Labute approximate surface area is 179 Å². The van der Waals surface area contributed by atoms with Crippen molar-refractivity contribution < 1.29 is 19.1 Å². The van der Waals surface area contributed by atoms with Crippen molar-refractivity contribution in [3.05, 3.63) is 94.0 Å². The van der Waals surface area contributed by atoms with Gasteiger partial charge in [0.25, 0.3) is 5.91 Å². The fourth-order valence-corrected chi connectivity index (χ4v) is 2.89. The highest BCUT2D eigenvalue weighted by Crippen LogP contribution is 2.24. The lowest BCUT2D eigenvalue weighted by Crippen LogP contribution is -2.13. The van der Waals surface area contributed by atoms with E-state index in [1.54, 1.807) is 60.7 Å². The molecule has 0 atom stereocenters. The highest BCUT2D eigenvalue weighted by Gasteiger charge is 2.13. The molecule has 0 aromatic heterocycles. The van der Waals surface area contributed by atoms with E-state index in [0.29, 0.717) is 38.7 Å². The van der Waals surface area contributed by atoms with Crippen molar-refractivity contribution in [2.75, 3.05) is 19.5 Å². The van der Waals surface area contributed by atoms with Gasteiger partial charge in [-0.2, -0.15) is 0 Å². The molecule has 3 aromatic rings. The van der Waals surface area contributed by atoms with Crippen molar-refractivity contribution in [3.63, 3.8) is 0 Å². The zero-order chi connectivity index (χ0) is 21.5. The topological polar surface area (TPSA) is 64.6 Å². The molecular formula is C24H18ClNO4. The second kappa shape index (κ2) is 9.64. The molecule has 0 heterocycles. The van der Waals surface area contributed by atoms with Crippen molar-refractivity contribution in [1.82, 2.24) is 0 Å². The van der Waals surface area contributed by atoms with E-state index in [1.165, 1.54) is 14.2 Å². The molecule has 0 fully saturated rings. The summed E-state index contributed by atoms with van der Waals surface area (Å²) in [5.74, 6) is 5.71. The number of hydrogen-bond donors (Lipinski definition) is 1. The molecule has 1 N–H and O–H groups in total. The van der Waals surface area contributed by atoms with Crippen LogP contribution >= 0.6 is 11.6 Å². The third kappa shape index (κ3) is 5.19. The van der Waals surface area contributed by atoms with Crippen LogP contribution in [0.4, 0.5) is 5.69 Å². The van der Waals surface area contributed by atoms with Gasteiger partial charge in [0.05, 0.1) is 25.3 Å². The summed E-state index contributed by atoms with van der Waals surface area (Å²) in [5, 5.41) is 3.26. The molecule has 1 amide bonds. The molecule has 0 aliphatic heterocycles. The maximum absolute atomic E-state index is 12.6. The Hall–Kier alpha value is -3.75. The van der Waals surface area contributed by atoms with Crippen molar-refractivity contribution in [2.24, 2.45) is 0 Å². The van der Waals surface area contributed by atoms with Crippen molar-refractivity contribution >= 4 is 29.2 Å². The molecule has 0 radical (unpaired) electrons. The lowest BCUT2D eigenvalue weighted by atomic mass is 10.1. The number of hydrogen-bond acceptors (Lipinski definition) is 4. The van der Waals surface area contributed by atoms with Gasteiger partial charge in [-0.15, -0.1) is 0 Å². The monoisotopic (exact) mass is 419 g/mol. The fraction of sp³-hybridized carbons (Fsp3) is 0.0833. The third-order valence-corrected chi connectivity index (χ3v) is 4.40. The van der Waals surface area contributed by atoms with Gasteiger partial charge in [0.2, 0.25) is 0 Å². The van der Waals surface area contributed by atoms with Gasteiger partial charge in [-0.05, 0) is 54.6 Å². The van der Waals surface area contributed by atoms with Crippen LogP contribution in [-0.2, 0) is 4.74 Å². The Bertz CT molecular complexity index is 1160. The molecule has 0 aliphatic carbocycles. The summed E-state index contributed by atoms with van der Waals surface area (Å²) < 4.78 is 9.95. The molecule has 3 aromatic carbocycles.